The maximum atomic E-state index is 13.3. The van der Waals surface area contributed by atoms with E-state index in [1.807, 2.05) is 6.92 Å². The van der Waals surface area contributed by atoms with Gasteiger partial charge in [-0.1, -0.05) is 0 Å². The van der Waals surface area contributed by atoms with Gasteiger partial charge in [-0.05, 0) is 50.3 Å². The summed E-state index contributed by atoms with van der Waals surface area (Å²) < 4.78 is 37.5. The molecule has 1 aromatic carbocycles. The highest BCUT2D eigenvalue weighted by Crippen LogP contribution is 2.36. The average molecular weight is 448 g/mol. The normalized spacial score (nSPS) is 25.0. The summed E-state index contributed by atoms with van der Waals surface area (Å²) in [4.78, 5) is 24.4. The zero-order valence-corrected chi connectivity index (χ0v) is 17.7. The lowest BCUT2D eigenvalue weighted by molar-refractivity contribution is -0.115. The van der Waals surface area contributed by atoms with Crippen LogP contribution in [0.25, 0.3) is 0 Å². The third-order valence-corrected chi connectivity index (χ3v) is 5.87. The summed E-state index contributed by atoms with van der Waals surface area (Å²) in [6.45, 7) is 3.04. The Morgan fingerprint density at radius 2 is 2.03 bits per heavy atom. The zero-order valence-electron chi connectivity index (χ0n) is 17.7. The summed E-state index contributed by atoms with van der Waals surface area (Å²) in [7, 11) is 0. The Kier molecular flexibility index (Phi) is 6.40. The minimum atomic E-state index is -0.729. The summed E-state index contributed by atoms with van der Waals surface area (Å²) in [5.74, 6) is -1.44. The number of rotatable bonds is 6. The Balaban J connectivity index is 1.26. The lowest BCUT2D eigenvalue weighted by atomic mass is 10.0. The molecule has 8 nitrogen and oxygen atoms in total. The molecule has 1 aliphatic heterocycles. The number of aromatic nitrogens is 2. The molecule has 1 saturated heterocycles. The molecule has 2 heterocycles. The number of nitrogens with zero attached hydrogens (tertiary/aromatic N) is 1. The molecule has 10 heteroatoms. The number of aromatic amines is 1. The molecule has 0 radical (unpaired) electrons. The maximum absolute atomic E-state index is 13.3. The molecule has 1 unspecified atom stereocenters. The fourth-order valence-corrected chi connectivity index (χ4v) is 4.22. The summed E-state index contributed by atoms with van der Waals surface area (Å²) in [6, 6.07) is 4.72. The van der Waals surface area contributed by atoms with Gasteiger partial charge in [0.25, 0.3) is 0 Å². The molecular weight excluding hydrogens is 422 g/mol. The molecule has 3 N–H and O–H groups in total. The average Bonchev–Trinajstić information content (AvgIpc) is 3.42. The lowest BCUT2D eigenvalue weighted by Crippen LogP contribution is -2.47. The Morgan fingerprint density at radius 3 is 2.75 bits per heavy atom. The molecule has 4 rings (SSSR count). The highest BCUT2D eigenvalue weighted by Gasteiger charge is 2.34. The van der Waals surface area contributed by atoms with Crippen LogP contribution in [0.2, 0.25) is 0 Å². The minimum absolute atomic E-state index is 0.119. The number of halogens is 2. The Morgan fingerprint density at radius 1 is 1.25 bits per heavy atom. The molecule has 2 aliphatic rings. The van der Waals surface area contributed by atoms with Crippen molar-refractivity contribution < 1.29 is 27.8 Å². The second kappa shape index (κ2) is 9.23. The van der Waals surface area contributed by atoms with E-state index in [4.69, 9.17) is 9.47 Å². The standard InChI is InChI=1S/C22H26F2N4O4/c1-22(4-5-31-12-22)26-21(30)32-17-3-2-14(9-17)18-11-19(28-27-18)25-20(29)8-13-6-15(23)10-16(24)7-13/h6-7,10-11,14,17H,2-5,8-9,12H2,1H3,(H,26,30)(H2,25,27,28,29)/t14-,17+,22?/m0/s1. The highest BCUT2D eigenvalue weighted by atomic mass is 19.1. The topological polar surface area (TPSA) is 105 Å². The predicted molar refractivity (Wildman–Crippen MR) is 111 cm³/mol. The predicted octanol–water partition coefficient (Wildman–Crippen LogP) is 3.41. The van der Waals surface area contributed by atoms with E-state index in [2.05, 4.69) is 20.8 Å². The van der Waals surface area contributed by atoms with Crippen molar-refractivity contribution in [2.24, 2.45) is 0 Å². The molecule has 0 bridgehead atoms. The van der Waals surface area contributed by atoms with Crippen LogP contribution >= 0.6 is 0 Å². The third kappa shape index (κ3) is 5.61. The van der Waals surface area contributed by atoms with Gasteiger partial charge in [-0.25, -0.2) is 13.6 Å². The van der Waals surface area contributed by atoms with Crippen molar-refractivity contribution in [2.75, 3.05) is 18.5 Å². The monoisotopic (exact) mass is 448 g/mol. The first-order valence-corrected chi connectivity index (χ1v) is 10.6. The van der Waals surface area contributed by atoms with Gasteiger partial charge < -0.3 is 20.1 Å². The second-order valence-corrected chi connectivity index (χ2v) is 8.74. The fraction of sp³-hybridized carbons (Fsp3) is 0.500. The van der Waals surface area contributed by atoms with Crippen LogP contribution in [0.15, 0.2) is 24.3 Å². The van der Waals surface area contributed by atoms with Crippen molar-refractivity contribution in [1.82, 2.24) is 15.5 Å². The SMILES string of the molecule is CC1(NC(=O)O[C@@H]2CC[C@H](c3cc(NC(=O)Cc4cc(F)cc(F)c4)n[nH]3)C2)CCOC1. The quantitative estimate of drug-likeness (QED) is 0.628. The number of hydrogen-bond donors (Lipinski definition) is 3. The van der Waals surface area contributed by atoms with Crippen LogP contribution in [-0.4, -0.2) is 47.1 Å². The number of H-pyrrole nitrogens is 1. The Bertz CT molecular complexity index is 970. The smallest absolute Gasteiger partial charge is 0.407 e. The van der Waals surface area contributed by atoms with E-state index in [1.165, 1.54) is 0 Å². The number of carbonyl (C=O) groups is 2. The van der Waals surface area contributed by atoms with Gasteiger partial charge in [0.1, 0.15) is 17.7 Å². The second-order valence-electron chi connectivity index (χ2n) is 8.74. The van der Waals surface area contributed by atoms with Crippen molar-refractivity contribution in [3.8, 4) is 0 Å². The molecular formula is C22H26F2N4O4. The van der Waals surface area contributed by atoms with Crippen molar-refractivity contribution >= 4 is 17.8 Å². The van der Waals surface area contributed by atoms with Gasteiger partial charge in [-0.15, -0.1) is 0 Å². The number of carbonyl (C=O) groups excluding carboxylic acids is 2. The van der Waals surface area contributed by atoms with Gasteiger partial charge in [0.05, 0.1) is 18.6 Å². The molecule has 172 valence electrons. The third-order valence-electron chi connectivity index (χ3n) is 5.87. The van der Waals surface area contributed by atoms with Crippen LogP contribution in [0.1, 0.15) is 49.8 Å². The van der Waals surface area contributed by atoms with Crippen molar-refractivity contribution in [2.45, 2.75) is 56.6 Å². The number of hydrogen-bond acceptors (Lipinski definition) is 5. The molecule has 1 aliphatic carbocycles. The van der Waals surface area contributed by atoms with Gasteiger partial charge in [-0.2, -0.15) is 5.10 Å². The van der Waals surface area contributed by atoms with Gasteiger partial charge in [0, 0.05) is 30.4 Å². The Labute approximate surface area is 184 Å². The molecule has 1 saturated carbocycles. The number of alkyl carbamates (subject to hydrolysis) is 1. The van der Waals surface area contributed by atoms with Gasteiger partial charge in [0.15, 0.2) is 5.82 Å². The summed E-state index contributed by atoms with van der Waals surface area (Å²) in [5, 5.41) is 12.5. The minimum Gasteiger partial charge on any atom is -0.446 e. The molecule has 2 aromatic rings. The van der Waals surface area contributed by atoms with E-state index in [0.717, 1.165) is 43.2 Å². The summed E-state index contributed by atoms with van der Waals surface area (Å²) in [6.07, 6.45) is 2.15. The van der Waals surface area contributed by atoms with Crippen LogP contribution in [0.3, 0.4) is 0 Å². The van der Waals surface area contributed by atoms with E-state index < -0.39 is 23.6 Å². The van der Waals surface area contributed by atoms with Crippen molar-refractivity contribution in [3.63, 3.8) is 0 Å². The zero-order chi connectivity index (χ0) is 22.7. The van der Waals surface area contributed by atoms with Crippen LogP contribution in [0, 0.1) is 11.6 Å². The first-order valence-electron chi connectivity index (χ1n) is 10.6. The molecule has 1 aromatic heterocycles. The largest absolute Gasteiger partial charge is 0.446 e. The maximum Gasteiger partial charge on any atom is 0.407 e. The van der Waals surface area contributed by atoms with E-state index in [0.29, 0.717) is 25.5 Å². The number of anilines is 1. The molecule has 32 heavy (non-hydrogen) atoms. The van der Waals surface area contributed by atoms with Gasteiger partial charge in [-0.3, -0.25) is 9.89 Å². The molecule has 2 fully saturated rings. The Hall–Kier alpha value is -3.01. The number of ether oxygens (including phenoxy) is 2. The van der Waals surface area contributed by atoms with Crippen LogP contribution < -0.4 is 10.6 Å². The van der Waals surface area contributed by atoms with E-state index in [9.17, 15) is 18.4 Å². The molecule has 3 atom stereocenters. The number of benzene rings is 1. The van der Waals surface area contributed by atoms with Crippen LogP contribution in [0.4, 0.5) is 19.4 Å². The van der Waals surface area contributed by atoms with E-state index in [1.54, 1.807) is 6.07 Å². The van der Waals surface area contributed by atoms with E-state index in [-0.39, 0.29) is 29.5 Å². The first-order chi connectivity index (χ1) is 15.3. The number of nitrogens with one attached hydrogen (secondary N) is 3. The van der Waals surface area contributed by atoms with Gasteiger partial charge >= 0.3 is 6.09 Å². The van der Waals surface area contributed by atoms with Crippen molar-refractivity contribution in [3.05, 3.63) is 47.2 Å². The highest BCUT2D eigenvalue weighted by molar-refractivity contribution is 5.91. The first kappa shape index (κ1) is 22.2. The van der Waals surface area contributed by atoms with E-state index >= 15 is 0 Å². The van der Waals surface area contributed by atoms with Crippen molar-refractivity contribution in [1.29, 1.82) is 0 Å². The van der Waals surface area contributed by atoms with Crippen LogP contribution in [0.5, 0.6) is 0 Å². The summed E-state index contributed by atoms with van der Waals surface area (Å²) >= 11 is 0. The molecule has 0 spiro atoms. The summed E-state index contributed by atoms with van der Waals surface area (Å²) in [5.41, 5.74) is 0.686. The lowest BCUT2D eigenvalue weighted by Gasteiger charge is -2.24. The molecule has 2 amide bonds. The van der Waals surface area contributed by atoms with Crippen LogP contribution in [-0.2, 0) is 20.7 Å². The van der Waals surface area contributed by atoms with Gasteiger partial charge in [0.2, 0.25) is 5.91 Å². The fourth-order valence-electron chi connectivity index (χ4n) is 4.22. The number of amides is 2.